The summed E-state index contributed by atoms with van der Waals surface area (Å²) in [6.07, 6.45) is 0. The van der Waals surface area contributed by atoms with Crippen LogP contribution in [-0.2, 0) is 20.2 Å². The van der Waals surface area contributed by atoms with Gasteiger partial charge in [0.2, 0.25) is 0 Å². The Morgan fingerprint density at radius 3 is 2.05 bits per heavy atom. The quantitative estimate of drug-likeness (QED) is 0.816. The summed E-state index contributed by atoms with van der Waals surface area (Å²) in [5.74, 6) is 0. The van der Waals surface area contributed by atoms with Gasteiger partial charge in [-0.05, 0) is 22.8 Å². The SMILES string of the molecule is O=S(=O)(O)c1cccc2c1C(S(=O)(=O)O)c1ccccc1-2. The van der Waals surface area contributed by atoms with Crippen molar-refractivity contribution in [3.63, 3.8) is 0 Å². The average molecular weight is 326 g/mol. The van der Waals surface area contributed by atoms with Crippen LogP contribution >= 0.6 is 0 Å². The van der Waals surface area contributed by atoms with Gasteiger partial charge < -0.3 is 0 Å². The van der Waals surface area contributed by atoms with Crippen molar-refractivity contribution >= 4 is 20.2 Å². The summed E-state index contributed by atoms with van der Waals surface area (Å²) in [5, 5.41) is -1.53. The molecule has 3 rings (SSSR count). The van der Waals surface area contributed by atoms with Crippen LogP contribution in [0.25, 0.3) is 11.1 Å². The Hall–Kier alpha value is -1.74. The van der Waals surface area contributed by atoms with Gasteiger partial charge in [0.05, 0.1) is 4.90 Å². The van der Waals surface area contributed by atoms with Crippen LogP contribution in [-0.4, -0.2) is 25.9 Å². The van der Waals surface area contributed by atoms with E-state index in [0.717, 1.165) is 6.07 Å². The van der Waals surface area contributed by atoms with Gasteiger partial charge in [0, 0.05) is 5.56 Å². The van der Waals surface area contributed by atoms with E-state index in [1.165, 1.54) is 12.1 Å². The fraction of sp³-hybridized carbons (Fsp3) is 0.0769. The highest BCUT2D eigenvalue weighted by Gasteiger charge is 2.40. The maximum Gasteiger partial charge on any atom is 0.294 e. The molecule has 0 radical (unpaired) electrons. The molecule has 1 aliphatic carbocycles. The molecule has 2 aromatic rings. The summed E-state index contributed by atoms with van der Waals surface area (Å²) in [5.41, 5.74) is 1.04. The Labute approximate surface area is 121 Å². The van der Waals surface area contributed by atoms with Crippen LogP contribution in [0.1, 0.15) is 16.4 Å². The molecular formula is C13H10O6S2. The first-order valence-electron chi connectivity index (χ1n) is 5.87. The monoisotopic (exact) mass is 326 g/mol. The third-order valence-electron chi connectivity index (χ3n) is 3.44. The number of benzene rings is 2. The van der Waals surface area contributed by atoms with Crippen LogP contribution in [0, 0.1) is 0 Å². The molecule has 0 saturated heterocycles. The third-order valence-corrected chi connectivity index (χ3v) is 5.43. The van der Waals surface area contributed by atoms with Gasteiger partial charge in [0.15, 0.2) is 0 Å². The van der Waals surface area contributed by atoms with Crippen molar-refractivity contribution in [1.82, 2.24) is 0 Å². The second kappa shape index (κ2) is 4.38. The Morgan fingerprint density at radius 1 is 0.810 bits per heavy atom. The van der Waals surface area contributed by atoms with Crippen LogP contribution in [0.3, 0.4) is 0 Å². The van der Waals surface area contributed by atoms with Crippen LogP contribution in [0.2, 0.25) is 0 Å². The lowest BCUT2D eigenvalue weighted by Crippen LogP contribution is -2.14. The molecule has 0 spiro atoms. The zero-order valence-electron chi connectivity index (χ0n) is 10.5. The van der Waals surface area contributed by atoms with E-state index in [4.69, 9.17) is 0 Å². The molecule has 0 amide bonds. The Morgan fingerprint density at radius 2 is 1.43 bits per heavy atom. The van der Waals surface area contributed by atoms with Crippen molar-refractivity contribution in [3.05, 3.63) is 53.6 Å². The summed E-state index contributed by atoms with van der Waals surface area (Å²) in [6, 6.07) is 10.5. The predicted molar refractivity (Wildman–Crippen MR) is 75.1 cm³/mol. The molecule has 1 aliphatic rings. The van der Waals surface area contributed by atoms with Gasteiger partial charge in [-0.2, -0.15) is 16.8 Å². The highest BCUT2D eigenvalue weighted by molar-refractivity contribution is 7.87. The molecule has 0 aliphatic heterocycles. The number of rotatable bonds is 2. The fourth-order valence-electron chi connectivity index (χ4n) is 2.71. The van der Waals surface area contributed by atoms with E-state index in [1.807, 2.05) is 0 Å². The molecule has 2 aromatic carbocycles. The van der Waals surface area contributed by atoms with E-state index in [2.05, 4.69) is 0 Å². The molecule has 0 bridgehead atoms. The molecular weight excluding hydrogens is 316 g/mol. The summed E-state index contributed by atoms with van der Waals surface area (Å²) in [7, 11) is -9.20. The van der Waals surface area contributed by atoms with Gasteiger partial charge in [-0.1, -0.05) is 36.4 Å². The first kappa shape index (κ1) is 14.2. The minimum atomic E-state index is -4.61. The minimum Gasteiger partial charge on any atom is -0.285 e. The zero-order valence-corrected chi connectivity index (χ0v) is 12.1. The van der Waals surface area contributed by atoms with Gasteiger partial charge >= 0.3 is 0 Å². The number of hydrogen-bond donors (Lipinski definition) is 2. The second-order valence-corrected chi connectivity index (χ2v) is 7.57. The molecule has 0 saturated carbocycles. The van der Waals surface area contributed by atoms with Crippen molar-refractivity contribution in [2.24, 2.45) is 0 Å². The van der Waals surface area contributed by atoms with Crippen LogP contribution in [0.15, 0.2) is 47.4 Å². The van der Waals surface area contributed by atoms with Gasteiger partial charge in [-0.3, -0.25) is 9.11 Å². The topological polar surface area (TPSA) is 109 Å². The van der Waals surface area contributed by atoms with Crippen molar-refractivity contribution in [3.8, 4) is 11.1 Å². The van der Waals surface area contributed by atoms with E-state index in [-0.39, 0.29) is 11.1 Å². The van der Waals surface area contributed by atoms with Crippen LogP contribution in [0.5, 0.6) is 0 Å². The average Bonchev–Trinajstić information content (AvgIpc) is 2.71. The normalized spacial score (nSPS) is 17.3. The van der Waals surface area contributed by atoms with Crippen LogP contribution in [0.4, 0.5) is 0 Å². The lowest BCUT2D eigenvalue weighted by Gasteiger charge is -2.12. The van der Waals surface area contributed by atoms with Crippen molar-refractivity contribution in [2.45, 2.75) is 10.1 Å². The highest BCUT2D eigenvalue weighted by atomic mass is 32.2. The van der Waals surface area contributed by atoms with E-state index >= 15 is 0 Å². The fourth-order valence-corrected chi connectivity index (χ4v) is 4.62. The lowest BCUT2D eigenvalue weighted by atomic mass is 10.1. The maximum atomic E-state index is 11.7. The first-order chi connectivity index (χ1) is 9.71. The standard InChI is InChI=1S/C13H10O6S2/c14-20(15,16)11-7-3-6-9-8-4-1-2-5-10(8)13(12(9)11)21(17,18)19/h1-7,13H,(H,14,15,16)(H,17,18,19). The third kappa shape index (κ3) is 2.16. The Kier molecular flexibility index (Phi) is 2.96. The lowest BCUT2D eigenvalue weighted by molar-refractivity contribution is 0.474. The highest BCUT2D eigenvalue weighted by Crippen LogP contribution is 2.49. The second-order valence-electron chi connectivity index (χ2n) is 4.67. The summed E-state index contributed by atoms with van der Waals surface area (Å²) in [4.78, 5) is -0.515. The van der Waals surface area contributed by atoms with E-state index in [1.54, 1.807) is 24.3 Å². The zero-order chi connectivity index (χ0) is 15.4. The van der Waals surface area contributed by atoms with Gasteiger partial charge in [0.1, 0.15) is 5.25 Å². The van der Waals surface area contributed by atoms with Crippen molar-refractivity contribution in [1.29, 1.82) is 0 Å². The Bertz CT molecular complexity index is 944. The van der Waals surface area contributed by atoms with Crippen molar-refractivity contribution < 1.29 is 25.9 Å². The summed E-state index contributed by atoms with van der Waals surface area (Å²) in [6.45, 7) is 0. The minimum absolute atomic E-state index is 0.122. The molecule has 8 heteroatoms. The van der Waals surface area contributed by atoms with Gasteiger partial charge in [-0.25, -0.2) is 0 Å². The number of hydrogen-bond acceptors (Lipinski definition) is 4. The molecule has 0 aromatic heterocycles. The van der Waals surface area contributed by atoms with E-state index in [9.17, 15) is 25.9 Å². The van der Waals surface area contributed by atoms with Crippen molar-refractivity contribution in [2.75, 3.05) is 0 Å². The number of fused-ring (bicyclic) bond motifs is 3. The molecule has 1 unspecified atom stereocenters. The van der Waals surface area contributed by atoms with E-state index < -0.39 is 30.4 Å². The van der Waals surface area contributed by atoms with Crippen LogP contribution < -0.4 is 0 Å². The smallest absolute Gasteiger partial charge is 0.285 e. The van der Waals surface area contributed by atoms with E-state index in [0.29, 0.717) is 11.1 Å². The Balaban J connectivity index is 2.48. The molecule has 1 atom stereocenters. The van der Waals surface area contributed by atoms with Gasteiger partial charge in [0.25, 0.3) is 20.2 Å². The molecule has 21 heavy (non-hydrogen) atoms. The molecule has 2 N–H and O–H groups in total. The first-order valence-corrected chi connectivity index (χ1v) is 8.81. The summed E-state index contributed by atoms with van der Waals surface area (Å²) < 4.78 is 65.2. The molecule has 6 nitrogen and oxygen atoms in total. The predicted octanol–water partition coefficient (Wildman–Crippen LogP) is 1.89. The molecule has 0 heterocycles. The summed E-state index contributed by atoms with van der Waals surface area (Å²) >= 11 is 0. The molecule has 110 valence electrons. The molecule has 0 fully saturated rings. The maximum absolute atomic E-state index is 11.7. The largest absolute Gasteiger partial charge is 0.294 e. The van der Waals surface area contributed by atoms with Gasteiger partial charge in [-0.15, -0.1) is 0 Å².